The van der Waals surface area contributed by atoms with E-state index in [2.05, 4.69) is 20.9 Å². The number of hydrogen-bond donors (Lipinski definition) is 0. The van der Waals surface area contributed by atoms with Gasteiger partial charge in [-0.05, 0) is 35.0 Å². The van der Waals surface area contributed by atoms with Crippen molar-refractivity contribution in [3.8, 4) is 0 Å². The highest BCUT2D eigenvalue weighted by molar-refractivity contribution is 9.10. The third kappa shape index (κ3) is 1.18. The monoisotopic (exact) mass is 238 g/mol. The minimum atomic E-state index is 0.600. The zero-order valence-corrected chi connectivity index (χ0v) is 8.58. The fourth-order valence-electron chi connectivity index (χ4n) is 1.33. The molecule has 0 radical (unpaired) electrons. The Labute approximate surface area is 83.5 Å². The molecule has 0 aliphatic carbocycles. The van der Waals surface area contributed by atoms with Crippen LogP contribution in [-0.2, 0) is 0 Å². The van der Waals surface area contributed by atoms with Gasteiger partial charge in [-0.3, -0.25) is 9.20 Å². The molecule has 66 valence electrons. The number of fused-ring (bicyclic) bond motifs is 1. The lowest BCUT2D eigenvalue weighted by Crippen LogP contribution is -1.93. The Kier molecular flexibility index (Phi) is 1.92. The van der Waals surface area contributed by atoms with Crippen molar-refractivity contribution >= 4 is 27.9 Å². The highest BCUT2D eigenvalue weighted by Gasteiger charge is 2.08. The van der Waals surface area contributed by atoms with E-state index in [4.69, 9.17) is 0 Å². The van der Waals surface area contributed by atoms with Gasteiger partial charge in [-0.1, -0.05) is 6.07 Å². The van der Waals surface area contributed by atoms with E-state index in [0.29, 0.717) is 5.69 Å². The standard InChI is InChI=1S/C9H7BrN2O/c1-6-7(5-13)12-8(10)3-2-4-9(12)11-6/h2-5H,1H3. The molecule has 0 saturated carbocycles. The maximum absolute atomic E-state index is 10.8. The molecule has 0 saturated heterocycles. The second kappa shape index (κ2) is 2.96. The smallest absolute Gasteiger partial charge is 0.168 e. The number of imidazole rings is 1. The molecule has 0 aliphatic heterocycles. The Morgan fingerprint density at radius 2 is 2.31 bits per heavy atom. The van der Waals surface area contributed by atoms with Gasteiger partial charge in [0.2, 0.25) is 0 Å². The van der Waals surface area contributed by atoms with Crippen molar-refractivity contribution in [2.24, 2.45) is 0 Å². The molecule has 13 heavy (non-hydrogen) atoms. The molecule has 0 N–H and O–H groups in total. The first-order valence-corrected chi connectivity index (χ1v) is 4.62. The summed E-state index contributed by atoms with van der Waals surface area (Å²) in [5.41, 5.74) is 2.14. The number of halogens is 1. The van der Waals surface area contributed by atoms with Crippen molar-refractivity contribution in [1.29, 1.82) is 0 Å². The minimum Gasteiger partial charge on any atom is -0.296 e. The average Bonchev–Trinajstić information content (AvgIpc) is 2.42. The van der Waals surface area contributed by atoms with E-state index >= 15 is 0 Å². The number of nitrogens with zero attached hydrogens (tertiary/aromatic N) is 2. The Morgan fingerprint density at radius 1 is 1.54 bits per heavy atom. The van der Waals surface area contributed by atoms with E-state index in [1.807, 2.05) is 25.1 Å². The van der Waals surface area contributed by atoms with Crippen LogP contribution >= 0.6 is 15.9 Å². The van der Waals surface area contributed by atoms with Crippen molar-refractivity contribution in [2.45, 2.75) is 6.92 Å². The molecule has 0 aromatic carbocycles. The predicted molar refractivity (Wildman–Crippen MR) is 53.0 cm³/mol. The lowest BCUT2D eigenvalue weighted by Gasteiger charge is -1.97. The number of aryl methyl sites for hydroxylation is 1. The van der Waals surface area contributed by atoms with Gasteiger partial charge in [-0.15, -0.1) is 0 Å². The summed E-state index contributed by atoms with van der Waals surface area (Å²) in [6.45, 7) is 1.82. The summed E-state index contributed by atoms with van der Waals surface area (Å²) in [4.78, 5) is 15.0. The zero-order valence-electron chi connectivity index (χ0n) is 6.99. The molecule has 2 aromatic rings. The van der Waals surface area contributed by atoms with Gasteiger partial charge in [-0.25, -0.2) is 4.98 Å². The van der Waals surface area contributed by atoms with Crippen molar-refractivity contribution < 1.29 is 4.79 Å². The molecule has 0 unspecified atom stereocenters. The number of aldehydes is 1. The largest absolute Gasteiger partial charge is 0.296 e. The second-order valence-electron chi connectivity index (χ2n) is 2.74. The van der Waals surface area contributed by atoms with Crippen LogP contribution in [0.25, 0.3) is 5.65 Å². The first-order chi connectivity index (χ1) is 6.24. The van der Waals surface area contributed by atoms with Gasteiger partial charge in [0.05, 0.1) is 10.3 Å². The summed E-state index contributed by atoms with van der Waals surface area (Å²) in [5, 5.41) is 0. The van der Waals surface area contributed by atoms with Crippen LogP contribution in [0.4, 0.5) is 0 Å². The number of hydrogen-bond acceptors (Lipinski definition) is 2. The Hall–Kier alpha value is -1.16. The number of carbonyl (C=O) groups excluding carboxylic acids is 1. The van der Waals surface area contributed by atoms with E-state index in [1.54, 1.807) is 4.40 Å². The topological polar surface area (TPSA) is 34.4 Å². The van der Waals surface area contributed by atoms with Crippen LogP contribution in [0.1, 0.15) is 16.2 Å². The number of aromatic nitrogens is 2. The lowest BCUT2D eigenvalue weighted by molar-refractivity contribution is 0.111. The van der Waals surface area contributed by atoms with E-state index < -0.39 is 0 Å². The van der Waals surface area contributed by atoms with Crippen LogP contribution in [0.2, 0.25) is 0 Å². The summed E-state index contributed by atoms with van der Waals surface area (Å²) in [5.74, 6) is 0. The van der Waals surface area contributed by atoms with Crippen molar-refractivity contribution in [3.63, 3.8) is 0 Å². The minimum absolute atomic E-state index is 0.600. The van der Waals surface area contributed by atoms with Crippen molar-refractivity contribution in [3.05, 3.63) is 34.2 Å². The predicted octanol–water partition coefficient (Wildman–Crippen LogP) is 2.22. The van der Waals surface area contributed by atoms with E-state index in [-0.39, 0.29) is 0 Å². The van der Waals surface area contributed by atoms with Gasteiger partial charge in [0, 0.05) is 0 Å². The lowest BCUT2D eigenvalue weighted by atomic mass is 10.4. The molecule has 0 aliphatic rings. The Balaban J connectivity index is 2.96. The fraction of sp³-hybridized carbons (Fsp3) is 0.111. The molecule has 2 aromatic heterocycles. The molecule has 0 spiro atoms. The zero-order chi connectivity index (χ0) is 9.42. The van der Waals surface area contributed by atoms with Crippen molar-refractivity contribution in [2.75, 3.05) is 0 Å². The quantitative estimate of drug-likeness (QED) is 0.564. The molecule has 3 nitrogen and oxygen atoms in total. The SMILES string of the molecule is Cc1nc2cccc(Br)n2c1C=O. The normalized spacial score (nSPS) is 10.6. The van der Waals surface area contributed by atoms with E-state index in [0.717, 1.165) is 22.2 Å². The van der Waals surface area contributed by atoms with Crippen LogP contribution < -0.4 is 0 Å². The summed E-state index contributed by atoms with van der Waals surface area (Å²) in [7, 11) is 0. The molecule has 2 rings (SSSR count). The molecular formula is C9H7BrN2O. The van der Waals surface area contributed by atoms with Gasteiger partial charge in [0.25, 0.3) is 0 Å². The number of pyridine rings is 1. The van der Waals surface area contributed by atoms with Crippen LogP contribution in [0.3, 0.4) is 0 Å². The van der Waals surface area contributed by atoms with Gasteiger partial charge in [0.15, 0.2) is 6.29 Å². The number of carbonyl (C=O) groups is 1. The fourth-order valence-corrected chi connectivity index (χ4v) is 1.85. The van der Waals surface area contributed by atoms with E-state index in [9.17, 15) is 4.79 Å². The summed E-state index contributed by atoms with van der Waals surface area (Å²) in [6, 6.07) is 5.63. The molecular weight excluding hydrogens is 232 g/mol. The van der Waals surface area contributed by atoms with Crippen molar-refractivity contribution in [1.82, 2.24) is 9.38 Å². The van der Waals surface area contributed by atoms with Crippen LogP contribution in [0.5, 0.6) is 0 Å². The third-order valence-electron chi connectivity index (χ3n) is 1.93. The molecule has 0 bridgehead atoms. The number of rotatable bonds is 1. The Morgan fingerprint density at radius 3 is 3.00 bits per heavy atom. The highest BCUT2D eigenvalue weighted by atomic mass is 79.9. The summed E-state index contributed by atoms with van der Waals surface area (Å²) in [6.07, 6.45) is 0.820. The van der Waals surface area contributed by atoms with Crippen LogP contribution in [0.15, 0.2) is 22.8 Å². The third-order valence-corrected chi connectivity index (χ3v) is 2.55. The summed E-state index contributed by atoms with van der Waals surface area (Å²) < 4.78 is 2.62. The van der Waals surface area contributed by atoms with Crippen LogP contribution in [0, 0.1) is 6.92 Å². The molecule has 0 fully saturated rings. The second-order valence-corrected chi connectivity index (χ2v) is 3.55. The Bertz CT molecular complexity index is 476. The summed E-state index contributed by atoms with van der Waals surface area (Å²) >= 11 is 3.37. The molecule has 0 amide bonds. The van der Waals surface area contributed by atoms with Gasteiger partial charge in [-0.2, -0.15) is 0 Å². The highest BCUT2D eigenvalue weighted by Crippen LogP contribution is 2.17. The van der Waals surface area contributed by atoms with Gasteiger partial charge in [0.1, 0.15) is 11.3 Å². The first-order valence-electron chi connectivity index (χ1n) is 3.83. The first kappa shape index (κ1) is 8.44. The van der Waals surface area contributed by atoms with Crippen LogP contribution in [-0.4, -0.2) is 15.7 Å². The van der Waals surface area contributed by atoms with E-state index in [1.165, 1.54) is 0 Å². The van der Waals surface area contributed by atoms with Gasteiger partial charge >= 0.3 is 0 Å². The average molecular weight is 239 g/mol. The molecule has 0 atom stereocenters. The maximum Gasteiger partial charge on any atom is 0.168 e. The van der Waals surface area contributed by atoms with Gasteiger partial charge < -0.3 is 0 Å². The maximum atomic E-state index is 10.8. The molecule has 4 heteroatoms. The molecule has 2 heterocycles.